The summed E-state index contributed by atoms with van der Waals surface area (Å²) in [4.78, 5) is 1.73. The summed E-state index contributed by atoms with van der Waals surface area (Å²) in [6, 6.07) is 0.000833. The molecule has 1 saturated heterocycles. The van der Waals surface area contributed by atoms with E-state index in [0.717, 1.165) is 13.0 Å². The van der Waals surface area contributed by atoms with E-state index in [-0.39, 0.29) is 18.6 Å². The zero-order valence-electron chi connectivity index (χ0n) is 7.14. The first-order valence-electron chi connectivity index (χ1n) is 4.05. The first-order valence-corrected chi connectivity index (χ1v) is 4.05. The minimum Gasteiger partial charge on any atom is -0.408 e. The molecule has 1 aliphatic rings. The van der Waals surface area contributed by atoms with E-state index in [9.17, 15) is 0 Å². The fraction of sp³-hybridized carbons (Fsp3) is 0.857. The highest BCUT2D eigenvalue weighted by molar-refractivity contribution is 5.78. The summed E-state index contributed by atoms with van der Waals surface area (Å²) in [6.07, 6.45) is 0.974. The molecule has 2 unspecified atom stereocenters. The normalized spacial score (nSPS) is 31.2. The number of guanidine groups is 1. The summed E-state index contributed by atoms with van der Waals surface area (Å²) in [7, 11) is 0. The zero-order valence-corrected chi connectivity index (χ0v) is 7.14. The second-order valence-corrected chi connectivity index (χ2v) is 3.17. The zero-order chi connectivity index (χ0) is 9.14. The molecule has 0 bridgehead atoms. The molecule has 1 fully saturated rings. The Bertz CT molecular complexity index is 183. The third kappa shape index (κ3) is 1.45. The molecule has 0 aromatic rings. The second kappa shape index (κ2) is 3.62. The van der Waals surface area contributed by atoms with Gasteiger partial charge in [0.15, 0.2) is 0 Å². The number of aliphatic hydroxyl groups is 1. The van der Waals surface area contributed by atoms with Crippen LogP contribution in [0.4, 0.5) is 0 Å². The fourth-order valence-corrected chi connectivity index (χ4v) is 1.63. The van der Waals surface area contributed by atoms with Crippen molar-refractivity contribution < 1.29 is 10.3 Å². The lowest BCUT2D eigenvalue weighted by atomic mass is 10.0. The number of rotatable bonds is 1. The van der Waals surface area contributed by atoms with Crippen molar-refractivity contribution in [3.8, 4) is 0 Å². The first-order chi connectivity index (χ1) is 5.70. The van der Waals surface area contributed by atoms with Crippen LogP contribution in [0, 0.1) is 5.92 Å². The van der Waals surface area contributed by atoms with Gasteiger partial charge in [0.25, 0.3) is 0 Å². The number of nitrogens with zero attached hydrogens (tertiary/aromatic N) is 2. The molecule has 1 rings (SSSR count). The molecular formula is C7H15N3O2. The van der Waals surface area contributed by atoms with Gasteiger partial charge in [0.05, 0.1) is 12.6 Å². The lowest BCUT2D eigenvalue weighted by molar-refractivity contribution is 0.180. The van der Waals surface area contributed by atoms with Gasteiger partial charge >= 0.3 is 0 Å². The van der Waals surface area contributed by atoms with Crippen LogP contribution in [0.2, 0.25) is 0 Å². The van der Waals surface area contributed by atoms with Crippen LogP contribution in [-0.2, 0) is 0 Å². The molecule has 1 heterocycles. The lowest BCUT2D eigenvalue weighted by Gasteiger charge is -2.24. The van der Waals surface area contributed by atoms with E-state index in [1.165, 1.54) is 0 Å². The molecular weight excluding hydrogens is 158 g/mol. The van der Waals surface area contributed by atoms with Gasteiger partial charge in [0.1, 0.15) is 0 Å². The monoisotopic (exact) mass is 173 g/mol. The van der Waals surface area contributed by atoms with E-state index < -0.39 is 0 Å². The molecule has 0 radical (unpaired) electrons. The lowest BCUT2D eigenvalue weighted by Crippen LogP contribution is -2.44. The molecule has 2 atom stereocenters. The van der Waals surface area contributed by atoms with Crippen molar-refractivity contribution >= 4 is 5.96 Å². The second-order valence-electron chi connectivity index (χ2n) is 3.17. The van der Waals surface area contributed by atoms with Gasteiger partial charge in [-0.15, -0.1) is 0 Å². The Morgan fingerprint density at radius 1 is 1.75 bits per heavy atom. The smallest absolute Gasteiger partial charge is 0.233 e. The van der Waals surface area contributed by atoms with Crippen molar-refractivity contribution in [2.45, 2.75) is 19.4 Å². The van der Waals surface area contributed by atoms with Crippen molar-refractivity contribution in [2.24, 2.45) is 16.8 Å². The fourth-order valence-electron chi connectivity index (χ4n) is 1.63. The number of oxime groups is 1. The molecule has 5 heteroatoms. The molecule has 5 nitrogen and oxygen atoms in total. The number of hydrogen-bond acceptors (Lipinski definition) is 3. The Hall–Kier alpha value is -0.970. The molecule has 0 spiro atoms. The maximum atomic E-state index is 9.02. The van der Waals surface area contributed by atoms with Crippen LogP contribution in [0.5, 0.6) is 0 Å². The summed E-state index contributed by atoms with van der Waals surface area (Å²) >= 11 is 0. The van der Waals surface area contributed by atoms with Crippen LogP contribution in [0.15, 0.2) is 5.16 Å². The summed E-state index contributed by atoms with van der Waals surface area (Å²) in [5.74, 6) is 0.494. The molecule has 0 aromatic carbocycles. The molecule has 0 aliphatic carbocycles. The van der Waals surface area contributed by atoms with E-state index in [0.29, 0.717) is 5.92 Å². The standard InChI is InChI=1S/C7H15N3O2/c1-5-2-3-10(6(5)4-11)7(8)9-12/h5-6,11-12H,2-4H2,1H3,(H2,8,9). The van der Waals surface area contributed by atoms with Crippen molar-refractivity contribution in [1.29, 1.82) is 0 Å². The molecule has 4 N–H and O–H groups in total. The average Bonchev–Trinajstić information content (AvgIpc) is 2.45. The van der Waals surface area contributed by atoms with Crippen molar-refractivity contribution in [1.82, 2.24) is 4.90 Å². The topological polar surface area (TPSA) is 82.1 Å². The van der Waals surface area contributed by atoms with E-state index in [1.54, 1.807) is 4.90 Å². The Morgan fingerprint density at radius 2 is 2.42 bits per heavy atom. The molecule has 70 valence electrons. The molecule has 0 saturated carbocycles. The van der Waals surface area contributed by atoms with E-state index in [2.05, 4.69) is 5.16 Å². The summed E-state index contributed by atoms with van der Waals surface area (Å²) in [5.41, 5.74) is 5.42. The first kappa shape index (κ1) is 9.12. The number of nitrogens with two attached hydrogens (primary N) is 1. The maximum Gasteiger partial charge on any atom is 0.233 e. The van der Waals surface area contributed by atoms with E-state index in [1.807, 2.05) is 6.92 Å². The van der Waals surface area contributed by atoms with Gasteiger partial charge in [-0.2, -0.15) is 0 Å². The van der Waals surface area contributed by atoms with Crippen molar-refractivity contribution in [2.75, 3.05) is 13.2 Å². The highest BCUT2D eigenvalue weighted by Crippen LogP contribution is 2.22. The SMILES string of the molecule is CC1CCN(C(N)=NO)C1CO. The third-order valence-electron chi connectivity index (χ3n) is 2.47. The largest absolute Gasteiger partial charge is 0.408 e. The van der Waals surface area contributed by atoms with Gasteiger partial charge in [-0.3, -0.25) is 0 Å². The van der Waals surface area contributed by atoms with Crippen LogP contribution in [-0.4, -0.2) is 40.4 Å². The summed E-state index contributed by atoms with van der Waals surface area (Å²) in [6.45, 7) is 2.85. The van der Waals surface area contributed by atoms with Gasteiger partial charge in [-0.25, -0.2) is 0 Å². The van der Waals surface area contributed by atoms with Crippen LogP contribution in [0.1, 0.15) is 13.3 Å². The van der Waals surface area contributed by atoms with Crippen molar-refractivity contribution in [3.05, 3.63) is 0 Å². The van der Waals surface area contributed by atoms with Gasteiger partial charge in [0, 0.05) is 6.54 Å². The van der Waals surface area contributed by atoms with Crippen LogP contribution < -0.4 is 5.73 Å². The Labute approximate surface area is 71.5 Å². The van der Waals surface area contributed by atoms with Gasteiger partial charge in [-0.05, 0) is 12.3 Å². The quantitative estimate of drug-likeness (QED) is 0.214. The highest BCUT2D eigenvalue weighted by atomic mass is 16.4. The van der Waals surface area contributed by atoms with Gasteiger partial charge < -0.3 is 20.9 Å². The molecule has 0 amide bonds. The summed E-state index contributed by atoms with van der Waals surface area (Å²) < 4.78 is 0. The number of likely N-dealkylation sites (tertiary alicyclic amines) is 1. The van der Waals surface area contributed by atoms with E-state index in [4.69, 9.17) is 16.0 Å². The predicted octanol–water partition coefficient (Wildman–Crippen LogP) is -0.607. The minimum absolute atomic E-state index is 0.000833. The van der Waals surface area contributed by atoms with Gasteiger partial charge in [0.2, 0.25) is 5.96 Å². The highest BCUT2D eigenvalue weighted by Gasteiger charge is 2.31. The Morgan fingerprint density at radius 3 is 2.92 bits per heavy atom. The third-order valence-corrected chi connectivity index (χ3v) is 2.47. The molecule has 12 heavy (non-hydrogen) atoms. The predicted molar refractivity (Wildman–Crippen MR) is 44.8 cm³/mol. The Balaban J connectivity index is 2.66. The summed E-state index contributed by atoms with van der Waals surface area (Å²) in [5, 5.41) is 20.4. The van der Waals surface area contributed by atoms with E-state index >= 15 is 0 Å². The number of hydrogen-bond donors (Lipinski definition) is 3. The van der Waals surface area contributed by atoms with Crippen LogP contribution in [0.25, 0.3) is 0 Å². The van der Waals surface area contributed by atoms with Gasteiger partial charge in [-0.1, -0.05) is 12.1 Å². The minimum atomic E-state index is 0.000833. The molecule has 1 aliphatic heterocycles. The Kier molecular flexibility index (Phi) is 2.75. The maximum absolute atomic E-state index is 9.02. The van der Waals surface area contributed by atoms with Crippen molar-refractivity contribution in [3.63, 3.8) is 0 Å². The van der Waals surface area contributed by atoms with Crippen LogP contribution in [0.3, 0.4) is 0 Å². The number of aliphatic hydroxyl groups excluding tert-OH is 1. The van der Waals surface area contributed by atoms with Crippen LogP contribution >= 0.6 is 0 Å². The molecule has 0 aromatic heterocycles. The average molecular weight is 173 g/mol.